The van der Waals surface area contributed by atoms with E-state index in [1.807, 2.05) is 13.8 Å². The zero-order valence-corrected chi connectivity index (χ0v) is 11.9. The number of hydrogen-bond acceptors (Lipinski definition) is 5. The van der Waals surface area contributed by atoms with Crippen LogP contribution in [0, 0.1) is 5.92 Å². The van der Waals surface area contributed by atoms with Crippen molar-refractivity contribution < 1.29 is 22.7 Å². The van der Waals surface area contributed by atoms with Crippen molar-refractivity contribution in [2.45, 2.75) is 26.4 Å². The molecule has 106 valence electrons. The van der Waals surface area contributed by atoms with E-state index < -0.39 is 10.0 Å². The summed E-state index contributed by atoms with van der Waals surface area (Å²) in [6.45, 7) is 4.49. The molecule has 0 aliphatic carbocycles. The van der Waals surface area contributed by atoms with Crippen LogP contribution in [-0.2, 0) is 24.3 Å². The number of carbonyl (C=O) groups is 1. The average molecular weight is 279 g/mol. The van der Waals surface area contributed by atoms with Gasteiger partial charge >= 0.3 is 5.97 Å². The third-order valence-corrected chi connectivity index (χ3v) is 4.67. The molecule has 0 aromatic heterocycles. The molecule has 0 amide bonds. The molecule has 1 saturated heterocycles. The third kappa shape index (κ3) is 4.22. The summed E-state index contributed by atoms with van der Waals surface area (Å²) in [5.74, 6) is -0.721. The van der Waals surface area contributed by atoms with Gasteiger partial charge in [-0.3, -0.25) is 4.79 Å². The van der Waals surface area contributed by atoms with Crippen LogP contribution in [-0.4, -0.2) is 57.4 Å². The lowest BCUT2D eigenvalue weighted by Crippen LogP contribution is -2.33. The van der Waals surface area contributed by atoms with Crippen molar-refractivity contribution >= 4 is 16.0 Å². The number of carbonyl (C=O) groups excluding carboxylic acids is 1. The van der Waals surface area contributed by atoms with Crippen molar-refractivity contribution in [1.29, 1.82) is 0 Å². The number of hydrogen-bond donors (Lipinski definition) is 0. The number of nitrogens with zero attached hydrogens (tertiary/aromatic N) is 1. The van der Waals surface area contributed by atoms with Crippen LogP contribution in [0.25, 0.3) is 0 Å². The number of esters is 1. The number of ether oxygens (including phenoxy) is 2. The maximum Gasteiger partial charge on any atom is 0.310 e. The van der Waals surface area contributed by atoms with Gasteiger partial charge in [-0.15, -0.1) is 0 Å². The molecule has 7 heteroatoms. The third-order valence-electron chi connectivity index (χ3n) is 2.87. The lowest BCUT2D eigenvalue weighted by atomic mass is 10.1. The van der Waals surface area contributed by atoms with E-state index in [1.54, 1.807) is 0 Å². The second-order valence-corrected chi connectivity index (χ2v) is 6.69. The highest BCUT2D eigenvalue weighted by Gasteiger charge is 2.35. The summed E-state index contributed by atoms with van der Waals surface area (Å²) >= 11 is 0. The molecule has 1 rings (SSSR count). The van der Waals surface area contributed by atoms with Gasteiger partial charge in [0, 0.05) is 13.1 Å². The Labute approximate surface area is 108 Å². The second kappa shape index (κ2) is 6.49. The number of sulfonamides is 1. The molecule has 0 spiro atoms. The van der Waals surface area contributed by atoms with E-state index in [4.69, 9.17) is 4.74 Å². The van der Waals surface area contributed by atoms with Crippen LogP contribution in [0.4, 0.5) is 0 Å². The van der Waals surface area contributed by atoms with Crippen LogP contribution in [0.5, 0.6) is 0 Å². The van der Waals surface area contributed by atoms with Gasteiger partial charge in [0.2, 0.25) is 10.0 Å². The molecule has 0 aromatic carbocycles. The molecule has 0 aromatic rings. The molecule has 1 atom stereocenters. The van der Waals surface area contributed by atoms with Gasteiger partial charge in [-0.2, -0.15) is 0 Å². The SMILES string of the molecule is COC(=O)C1CCN(S(=O)(=O)CCOC(C)C)C1. The summed E-state index contributed by atoms with van der Waals surface area (Å²) < 4.78 is 35.1. The minimum atomic E-state index is -3.33. The number of methoxy groups -OCH3 is 1. The van der Waals surface area contributed by atoms with Crippen LogP contribution in [0.3, 0.4) is 0 Å². The number of rotatable bonds is 6. The molecule has 1 aliphatic heterocycles. The molecule has 6 nitrogen and oxygen atoms in total. The fraction of sp³-hybridized carbons (Fsp3) is 0.909. The Hall–Kier alpha value is -0.660. The van der Waals surface area contributed by atoms with Gasteiger partial charge in [0.05, 0.1) is 31.5 Å². The van der Waals surface area contributed by atoms with E-state index >= 15 is 0 Å². The quantitative estimate of drug-likeness (QED) is 0.651. The Morgan fingerprint density at radius 2 is 2.11 bits per heavy atom. The second-order valence-electron chi connectivity index (χ2n) is 4.60. The molecule has 1 heterocycles. The molecular weight excluding hydrogens is 258 g/mol. The highest BCUT2D eigenvalue weighted by Crippen LogP contribution is 2.20. The maximum absolute atomic E-state index is 12.0. The van der Waals surface area contributed by atoms with E-state index in [-0.39, 0.29) is 36.9 Å². The lowest BCUT2D eigenvalue weighted by molar-refractivity contribution is -0.144. The highest BCUT2D eigenvalue weighted by molar-refractivity contribution is 7.89. The molecule has 18 heavy (non-hydrogen) atoms. The topological polar surface area (TPSA) is 72.9 Å². The van der Waals surface area contributed by atoms with E-state index in [1.165, 1.54) is 11.4 Å². The molecule has 1 unspecified atom stereocenters. The van der Waals surface area contributed by atoms with Crippen LogP contribution in [0.15, 0.2) is 0 Å². The van der Waals surface area contributed by atoms with E-state index in [0.29, 0.717) is 13.0 Å². The Balaban J connectivity index is 2.47. The molecule has 0 N–H and O–H groups in total. The van der Waals surface area contributed by atoms with Crippen molar-refractivity contribution in [3.05, 3.63) is 0 Å². The van der Waals surface area contributed by atoms with Crippen molar-refractivity contribution in [1.82, 2.24) is 4.31 Å². The van der Waals surface area contributed by atoms with Crippen molar-refractivity contribution in [2.24, 2.45) is 5.92 Å². The summed E-state index contributed by atoms with van der Waals surface area (Å²) in [5, 5.41) is 0. The van der Waals surface area contributed by atoms with Crippen LogP contribution < -0.4 is 0 Å². The largest absolute Gasteiger partial charge is 0.469 e. The van der Waals surface area contributed by atoms with E-state index in [2.05, 4.69) is 4.74 Å². The van der Waals surface area contributed by atoms with Crippen LogP contribution >= 0.6 is 0 Å². The Bertz CT molecular complexity index is 379. The highest BCUT2D eigenvalue weighted by atomic mass is 32.2. The zero-order valence-electron chi connectivity index (χ0n) is 11.1. The normalized spacial score (nSPS) is 21.4. The zero-order chi connectivity index (χ0) is 13.8. The molecule has 0 saturated carbocycles. The van der Waals surface area contributed by atoms with Gasteiger partial charge in [0.15, 0.2) is 0 Å². The van der Waals surface area contributed by atoms with Crippen LogP contribution in [0.1, 0.15) is 20.3 Å². The van der Waals surface area contributed by atoms with Crippen molar-refractivity contribution in [2.75, 3.05) is 32.6 Å². The molecule has 0 radical (unpaired) electrons. The van der Waals surface area contributed by atoms with Gasteiger partial charge in [-0.05, 0) is 20.3 Å². The van der Waals surface area contributed by atoms with Gasteiger partial charge in [0.25, 0.3) is 0 Å². The smallest absolute Gasteiger partial charge is 0.310 e. The Morgan fingerprint density at radius 3 is 2.67 bits per heavy atom. The van der Waals surface area contributed by atoms with Gasteiger partial charge < -0.3 is 9.47 Å². The molecular formula is C11H21NO5S. The molecule has 1 aliphatic rings. The summed E-state index contributed by atoms with van der Waals surface area (Å²) in [6.07, 6.45) is 0.540. The van der Waals surface area contributed by atoms with E-state index in [0.717, 1.165) is 0 Å². The van der Waals surface area contributed by atoms with Crippen molar-refractivity contribution in [3.63, 3.8) is 0 Å². The Morgan fingerprint density at radius 1 is 1.44 bits per heavy atom. The first-order valence-corrected chi connectivity index (χ1v) is 7.65. The van der Waals surface area contributed by atoms with Crippen LogP contribution in [0.2, 0.25) is 0 Å². The first-order valence-electron chi connectivity index (χ1n) is 6.04. The molecule has 1 fully saturated rings. The predicted octanol–water partition coefficient (Wildman–Crippen LogP) is 0.236. The summed E-state index contributed by atoms with van der Waals surface area (Å²) in [7, 11) is -2.01. The summed E-state index contributed by atoms with van der Waals surface area (Å²) in [6, 6.07) is 0. The Kier molecular flexibility index (Phi) is 5.55. The minimum Gasteiger partial charge on any atom is -0.469 e. The first kappa shape index (κ1) is 15.4. The first-order chi connectivity index (χ1) is 8.36. The fourth-order valence-electron chi connectivity index (χ4n) is 1.86. The summed E-state index contributed by atoms with van der Waals surface area (Å²) in [5.41, 5.74) is 0. The van der Waals surface area contributed by atoms with Gasteiger partial charge in [-0.25, -0.2) is 12.7 Å². The maximum atomic E-state index is 12.0. The standard InChI is InChI=1S/C11H21NO5S/c1-9(2)17-6-7-18(14,15)12-5-4-10(8-12)11(13)16-3/h9-10H,4-8H2,1-3H3. The van der Waals surface area contributed by atoms with Gasteiger partial charge in [0.1, 0.15) is 0 Å². The minimum absolute atomic E-state index is 0.0154. The summed E-state index contributed by atoms with van der Waals surface area (Å²) in [4.78, 5) is 11.3. The van der Waals surface area contributed by atoms with E-state index in [9.17, 15) is 13.2 Å². The molecule has 0 bridgehead atoms. The van der Waals surface area contributed by atoms with Crippen molar-refractivity contribution in [3.8, 4) is 0 Å². The van der Waals surface area contributed by atoms with Gasteiger partial charge in [-0.1, -0.05) is 0 Å². The fourth-order valence-corrected chi connectivity index (χ4v) is 3.21. The monoisotopic (exact) mass is 279 g/mol. The average Bonchev–Trinajstić information content (AvgIpc) is 2.77. The predicted molar refractivity (Wildman–Crippen MR) is 66.6 cm³/mol. The lowest BCUT2D eigenvalue weighted by Gasteiger charge is -2.16.